The molecule has 0 saturated carbocycles. The van der Waals surface area contributed by atoms with Crippen LogP contribution in [0.25, 0.3) is 0 Å². The number of anilines is 1. The van der Waals surface area contributed by atoms with Gasteiger partial charge in [0.15, 0.2) is 5.84 Å². The predicted molar refractivity (Wildman–Crippen MR) is 74.5 cm³/mol. The first-order valence-electron chi connectivity index (χ1n) is 6.46. The number of amides is 1. The number of carbonyl (C=O) groups excluding carboxylic acids is 1. The summed E-state index contributed by atoms with van der Waals surface area (Å²) in [5.74, 6) is -0.161. The molecule has 0 spiro atoms. The van der Waals surface area contributed by atoms with Gasteiger partial charge in [-0.1, -0.05) is 0 Å². The third-order valence-electron chi connectivity index (χ3n) is 2.93. The molecule has 1 aromatic rings. The lowest BCUT2D eigenvalue weighted by atomic mass is 10.1. The third kappa shape index (κ3) is 3.88. The minimum Gasteiger partial charge on any atom is -0.383 e. The molecule has 0 saturated heterocycles. The number of nitrogens with one attached hydrogen (secondary N) is 3. The van der Waals surface area contributed by atoms with E-state index in [1.54, 1.807) is 0 Å². The van der Waals surface area contributed by atoms with Crippen LogP contribution in [0.15, 0.2) is 23.3 Å². The molecule has 0 unspecified atom stereocenters. The van der Waals surface area contributed by atoms with Gasteiger partial charge in [0.25, 0.3) is 5.91 Å². The maximum Gasteiger partial charge on any atom is 0.418 e. The van der Waals surface area contributed by atoms with Crippen LogP contribution in [0.4, 0.5) is 18.9 Å². The minimum absolute atomic E-state index is 0.0336. The van der Waals surface area contributed by atoms with E-state index in [0.717, 1.165) is 6.07 Å². The highest BCUT2D eigenvalue weighted by molar-refractivity contribution is 6.03. The molecule has 0 bridgehead atoms. The summed E-state index contributed by atoms with van der Waals surface area (Å²) in [5.41, 5.74) is 1.62. The number of nitrogens with zero attached hydrogens (tertiary/aromatic N) is 1. The molecule has 0 radical (unpaired) electrons. The number of hydrogen-bond acceptors (Lipinski definition) is 5. The molecule has 22 heavy (non-hydrogen) atoms. The molecule has 0 atom stereocenters. The van der Waals surface area contributed by atoms with E-state index in [4.69, 9.17) is 4.74 Å². The van der Waals surface area contributed by atoms with E-state index in [1.807, 2.05) is 0 Å². The number of alkyl halides is 3. The molecule has 1 heterocycles. The van der Waals surface area contributed by atoms with E-state index >= 15 is 0 Å². The summed E-state index contributed by atoms with van der Waals surface area (Å²) in [6, 6.07) is 3.81. The number of benzene rings is 1. The van der Waals surface area contributed by atoms with Crippen molar-refractivity contribution in [3.8, 4) is 0 Å². The third-order valence-corrected chi connectivity index (χ3v) is 2.93. The molecule has 9 heteroatoms. The molecule has 1 aliphatic rings. The van der Waals surface area contributed by atoms with Crippen LogP contribution in [-0.2, 0) is 15.7 Å². The number of hydrazone groups is 1. The van der Waals surface area contributed by atoms with Crippen LogP contribution >= 0.6 is 0 Å². The first-order valence-corrected chi connectivity index (χ1v) is 6.46. The maximum absolute atomic E-state index is 13.2. The van der Waals surface area contributed by atoms with Crippen molar-refractivity contribution in [1.82, 2.24) is 10.7 Å². The predicted octanol–water partition coefficient (Wildman–Crippen LogP) is 1.14. The zero-order chi connectivity index (χ0) is 16.2. The van der Waals surface area contributed by atoms with Crippen LogP contribution in [-0.4, -0.2) is 38.5 Å². The monoisotopic (exact) mass is 316 g/mol. The number of hydrogen-bond donors (Lipinski definition) is 3. The average Bonchev–Trinajstić information content (AvgIpc) is 2.47. The second-order valence-electron chi connectivity index (χ2n) is 4.53. The van der Waals surface area contributed by atoms with Crippen molar-refractivity contribution in [2.24, 2.45) is 5.10 Å². The van der Waals surface area contributed by atoms with Gasteiger partial charge >= 0.3 is 6.18 Å². The number of methoxy groups -OCH3 is 1. The van der Waals surface area contributed by atoms with Crippen molar-refractivity contribution >= 4 is 17.4 Å². The Kier molecular flexibility index (Phi) is 4.86. The van der Waals surface area contributed by atoms with E-state index < -0.39 is 11.7 Å². The van der Waals surface area contributed by atoms with Crippen LogP contribution < -0.4 is 16.1 Å². The lowest BCUT2D eigenvalue weighted by molar-refractivity contribution is -0.137. The lowest BCUT2D eigenvalue weighted by Crippen LogP contribution is -2.42. The highest BCUT2D eigenvalue weighted by Crippen LogP contribution is 2.35. The second kappa shape index (κ2) is 6.65. The minimum atomic E-state index is -4.51. The van der Waals surface area contributed by atoms with E-state index in [-0.39, 0.29) is 36.1 Å². The number of carbonyl (C=O) groups is 1. The summed E-state index contributed by atoms with van der Waals surface area (Å²) in [6.45, 7) is 0.515. The summed E-state index contributed by atoms with van der Waals surface area (Å²) in [4.78, 5) is 11.0. The summed E-state index contributed by atoms with van der Waals surface area (Å²) in [7, 11) is 1.47. The fraction of sp³-hybridized carbons (Fsp3) is 0.385. The molecular weight excluding hydrogens is 301 g/mol. The lowest BCUT2D eigenvalue weighted by Gasteiger charge is -2.18. The van der Waals surface area contributed by atoms with E-state index in [1.165, 1.54) is 19.2 Å². The molecule has 1 aromatic carbocycles. The Balaban J connectivity index is 2.29. The first kappa shape index (κ1) is 16.1. The molecular formula is C13H15F3N4O2. The van der Waals surface area contributed by atoms with Crippen LogP contribution in [0.3, 0.4) is 0 Å². The van der Waals surface area contributed by atoms with Gasteiger partial charge < -0.3 is 15.4 Å². The molecule has 120 valence electrons. The van der Waals surface area contributed by atoms with Gasteiger partial charge in [-0.05, 0) is 18.2 Å². The topological polar surface area (TPSA) is 74.8 Å². The quantitative estimate of drug-likeness (QED) is 0.712. The Morgan fingerprint density at radius 1 is 1.41 bits per heavy atom. The zero-order valence-corrected chi connectivity index (χ0v) is 11.8. The SMILES string of the molecule is COCCNc1ccc(C2=NNC(=O)CN2)cc1C(F)(F)F. The van der Waals surface area contributed by atoms with Gasteiger partial charge in [0.2, 0.25) is 0 Å². The summed E-state index contributed by atoms with van der Waals surface area (Å²) in [5, 5.41) is 9.06. The zero-order valence-electron chi connectivity index (χ0n) is 11.8. The highest BCUT2D eigenvalue weighted by Gasteiger charge is 2.34. The molecule has 2 rings (SSSR count). The number of ether oxygens (including phenoxy) is 1. The largest absolute Gasteiger partial charge is 0.418 e. The van der Waals surface area contributed by atoms with Crippen LogP contribution in [0.2, 0.25) is 0 Å². The molecule has 3 N–H and O–H groups in total. The van der Waals surface area contributed by atoms with E-state index in [2.05, 4.69) is 21.2 Å². The van der Waals surface area contributed by atoms with Gasteiger partial charge in [-0.15, -0.1) is 0 Å². The maximum atomic E-state index is 13.2. The molecule has 6 nitrogen and oxygen atoms in total. The van der Waals surface area contributed by atoms with Crippen molar-refractivity contribution in [1.29, 1.82) is 0 Å². The molecule has 1 amide bonds. The average molecular weight is 316 g/mol. The number of rotatable bonds is 5. The Labute approximate surface area is 124 Å². The fourth-order valence-electron chi connectivity index (χ4n) is 1.90. The number of halogens is 3. The van der Waals surface area contributed by atoms with Crippen molar-refractivity contribution in [2.75, 3.05) is 32.1 Å². The van der Waals surface area contributed by atoms with Crippen molar-refractivity contribution in [2.45, 2.75) is 6.18 Å². The van der Waals surface area contributed by atoms with Crippen LogP contribution in [0, 0.1) is 0 Å². The fourth-order valence-corrected chi connectivity index (χ4v) is 1.90. The van der Waals surface area contributed by atoms with Gasteiger partial charge in [-0.25, -0.2) is 5.43 Å². The van der Waals surface area contributed by atoms with Gasteiger partial charge in [-0.2, -0.15) is 18.3 Å². The van der Waals surface area contributed by atoms with Crippen molar-refractivity contribution < 1.29 is 22.7 Å². The highest BCUT2D eigenvalue weighted by atomic mass is 19.4. The van der Waals surface area contributed by atoms with Crippen LogP contribution in [0.5, 0.6) is 0 Å². The Morgan fingerprint density at radius 3 is 2.77 bits per heavy atom. The smallest absolute Gasteiger partial charge is 0.383 e. The summed E-state index contributed by atoms with van der Waals surface area (Å²) in [6.07, 6.45) is -4.51. The number of amidine groups is 1. The standard InChI is InChI=1S/C13H15F3N4O2/c1-22-5-4-17-10-3-2-8(6-9(10)13(14,15)16)12-18-7-11(21)19-20-12/h2-3,6,17H,4-5,7H2,1H3,(H,18,20)(H,19,21). The Bertz CT molecular complexity index is 587. The molecule has 0 aliphatic carbocycles. The second-order valence-corrected chi connectivity index (χ2v) is 4.53. The van der Waals surface area contributed by atoms with E-state index in [0.29, 0.717) is 6.61 Å². The molecule has 0 fully saturated rings. The normalized spacial score (nSPS) is 14.9. The van der Waals surface area contributed by atoms with Crippen LogP contribution in [0.1, 0.15) is 11.1 Å². The van der Waals surface area contributed by atoms with Gasteiger partial charge in [0.05, 0.1) is 18.7 Å². The summed E-state index contributed by atoms with van der Waals surface area (Å²) < 4.78 is 44.3. The molecule has 0 aromatic heterocycles. The first-order chi connectivity index (χ1) is 10.4. The van der Waals surface area contributed by atoms with Crippen molar-refractivity contribution in [3.63, 3.8) is 0 Å². The van der Waals surface area contributed by atoms with Crippen molar-refractivity contribution in [3.05, 3.63) is 29.3 Å². The van der Waals surface area contributed by atoms with Gasteiger partial charge in [0, 0.05) is 24.9 Å². The Morgan fingerprint density at radius 2 is 2.18 bits per heavy atom. The Hall–Kier alpha value is -2.29. The van der Waals surface area contributed by atoms with Gasteiger partial charge in [-0.3, -0.25) is 4.79 Å². The molecule has 1 aliphatic heterocycles. The van der Waals surface area contributed by atoms with Gasteiger partial charge in [0.1, 0.15) is 0 Å². The summed E-state index contributed by atoms with van der Waals surface area (Å²) >= 11 is 0. The van der Waals surface area contributed by atoms with E-state index in [9.17, 15) is 18.0 Å².